The summed E-state index contributed by atoms with van der Waals surface area (Å²) in [5.41, 5.74) is 3.09. The van der Waals surface area contributed by atoms with Crippen molar-refractivity contribution in [1.29, 1.82) is 0 Å². The van der Waals surface area contributed by atoms with E-state index in [0.717, 1.165) is 60.7 Å². The van der Waals surface area contributed by atoms with Gasteiger partial charge in [0.05, 0.1) is 0 Å². The van der Waals surface area contributed by atoms with Gasteiger partial charge >= 0.3 is 6.36 Å². The van der Waals surface area contributed by atoms with Gasteiger partial charge in [-0.05, 0) is 55.9 Å². The van der Waals surface area contributed by atoms with Gasteiger partial charge in [-0.15, -0.1) is 13.2 Å². The SMILES string of the molecule is Cn1c2c(c3cc(OC(F)(F)F)ccc31)C(CNC(=O)C1CCC1)CCC2. The lowest BCUT2D eigenvalue weighted by molar-refractivity contribution is -0.274. The van der Waals surface area contributed by atoms with Gasteiger partial charge in [0.25, 0.3) is 0 Å². The van der Waals surface area contributed by atoms with Gasteiger partial charge in [-0.2, -0.15) is 0 Å². The van der Waals surface area contributed by atoms with E-state index >= 15 is 0 Å². The topological polar surface area (TPSA) is 43.3 Å². The zero-order valence-corrected chi connectivity index (χ0v) is 15.2. The minimum absolute atomic E-state index is 0.106. The maximum atomic E-state index is 12.6. The lowest BCUT2D eigenvalue weighted by Gasteiger charge is -2.28. The van der Waals surface area contributed by atoms with E-state index in [-0.39, 0.29) is 23.5 Å². The Hall–Kier alpha value is -2.18. The molecule has 0 bridgehead atoms. The number of aromatic nitrogens is 1. The molecule has 1 amide bonds. The largest absolute Gasteiger partial charge is 0.573 e. The summed E-state index contributed by atoms with van der Waals surface area (Å²) in [4.78, 5) is 12.2. The number of amides is 1. The van der Waals surface area contributed by atoms with Crippen molar-refractivity contribution in [2.45, 2.75) is 50.8 Å². The number of carbonyl (C=O) groups is 1. The van der Waals surface area contributed by atoms with E-state index in [0.29, 0.717) is 6.54 Å². The van der Waals surface area contributed by atoms with Crippen molar-refractivity contribution >= 4 is 16.8 Å². The molecule has 1 aromatic carbocycles. The molecule has 27 heavy (non-hydrogen) atoms. The number of alkyl halides is 3. The normalized spacial score (nSPS) is 20.2. The molecule has 4 nitrogen and oxygen atoms in total. The third kappa shape index (κ3) is 3.51. The van der Waals surface area contributed by atoms with Crippen molar-refractivity contribution in [2.75, 3.05) is 6.54 Å². The highest BCUT2D eigenvalue weighted by atomic mass is 19.4. The number of ether oxygens (including phenoxy) is 1. The molecule has 1 atom stereocenters. The summed E-state index contributed by atoms with van der Waals surface area (Å²) in [7, 11) is 1.95. The van der Waals surface area contributed by atoms with Gasteiger partial charge in [-0.3, -0.25) is 4.79 Å². The Kier molecular flexibility index (Phi) is 4.56. The Bertz CT molecular complexity index is 868. The van der Waals surface area contributed by atoms with Crippen LogP contribution >= 0.6 is 0 Å². The highest BCUT2D eigenvalue weighted by Crippen LogP contribution is 2.40. The van der Waals surface area contributed by atoms with Crippen molar-refractivity contribution in [2.24, 2.45) is 13.0 Å². The van der Waals surface area contributed by atoms with Crippen LogP contribution in [0.2, 0.25) is 0 Å². The molecule has 2 aliphatic carbocycles. The van der Waals surface area contributed by atoms with E-state index in [9.17, 15) is 18.0 Å². The number of hydrogen-bond acceptors (Lipinski definition) is 2. The second-order valence-electron chi connectivity index (χ2n) is 7.61. The molecule has 1 saturated carbocycles. The number of halogens is 3. The summed E-state index contributed by atoms with van der Waals surface area (Å²) in [6.07, 6.45) is 1.12. The lowest BCUT2D eigenvalue weighted by Crippen LogP contribution is -2.37. The third-order valence-corrected chi connectivity index (χ3v) is 5.94. The number of nitrogens with one attached hydrogen (secondary N) is 1. The van der Waals surface area contributed by atoms with E-state index < -0.39 is 6.36 Å². The summed E-state index contributed by atoms with van der Waals surface area (Å²) in [6, 6.07) is 4.51. The summed E-state index contributed by atoms with van der Waals surface area (Å²) in [6.45, 7) is 0.534. The smallest absolute Gasteiger partial charge is 0.406 e. The van der Waals surface area contributed by atoms with Crippen LogP contribution in [0.25, 0.3) is 10.9 Å². The van der Waals surface area contributed by atoms with Gasteiger partial charge in [-0.25, -0.2) is 0 Å². The molecule has 7 heteroatoms. The Morgan fingerprint density at radius 2 is 2.04 bits per heavy atom. The number of nitrogens with zero attached hydrogens (tertiary/aromatic N) is 1. The number of benzene rings is 1. The van der Waals surface area contributed by atoms with Crippen molar-refractivity contribution in [3.63, 3.8) is 0 Å². The second kappa shape index (κ2) is 6.77. The van der Waals surface area contributed by atoms with Crippen LogP contribution in [0.5, 0.6) is 5.75 Å². The standard InChI is InChI=1S/C20H23F3N2O2/c1-25-16-9-8-14(27-20(21,22)23)10-15(16)18-13(6-3-7-17(18)25)11-24-19(26)12-4-2-5-12/h8-10,12-13H,2-7,11H2,1H3,(H,24,26). The lowest BCUT2D eigenvalue weighted by atomic mass is 9.83. The molecule has 0 aliphatic heterocycles. The number of aryl methyl sites for hydroxylation is 1. The van der Waals surface area contributed by atoms with E-state index in [1.54, 1.807) is 6.07 Å². The van der Waals surface area contributed by atoms with Crippen molar-refractivity contribution in [3.05, 3.63) is 29.5 Å². The van der Waals surface area contributed by atoms with Crippen LogP contribution in [-0.2, 0) is 18.3 Å². The average molecular weight is 380 g/mol. The Balaban J connectivity index is 1.64. The molecule has 0 saturated heterocycles. The molecule has 1 aromatic heterocycles. The molecule has 146 valence electrons. The van der Waals surface area contributed by atoms with Crippen LogP contribution in [-0.4, -0.2) is 23.4 Å². The molecule has 2 aromatic rings. The van der Waals surface area contributed by atoms with Crippen molar-refractivity contribution in [1.82, 2.24) is 9.88 Å². The molecule has 1 heterocycles. The Morgan fingerprint density at radius 1 is 1.26 bits per heavy atom. The quantitative estimate of drug-likeness (QED) is 0.854. The van der Waals surface area contributed by atoms with Crippen LogP contribution < -0.4 is 10.1 Å². The molecular weight excluding hydrogens is 357 g/mol. The summed E-state index contributed by atoms with van der Waals surface area (Å²) >= 11 is 0. The predicted octanol–water partition coefficient (Wildman–Crippen LogP) is 4.41. The highest BCUT2D eigenvalue weighted by molar-refractivity contribution is 5.88. The molecule has 0 radical (unpaired) electrons. The van der Waals surface area contributed by atoms with Gasteiger partial charge in [-0.1, -0.05) is 6.42 Å². The second-order valence-corrected chi connectivity index (χ2v) is 7.61. The minimum atomic E-state index is -4.71. The molecule has 2 aliphatic rings. The number of rotatable bonds is 4. The number of hydrogen-bond donors (Lipinski definition) is 1. The average Bonchev–Trinajstić information content (AvgIpc) is 2.83. The van der Waals surface area contributed by atoms with Gasteiger partial charge in [0.2, 0.25) is 5.91 Å². The van der Waals surface area contributed by atoms with Gasteiger partial charge in [0.15, 0.2) is 0 Å². The van der Waals surface area contributed by atoms with Crippen LogP contribution in [0.1, 0.15) is 49.3 Å². The first-order chi connectivity index (χ1) is 12.8. The molecule has 1 fully saturated rings. The first kappa shape index (κ1) is 18.2. The minimum Gasteiger partial charge on any atom is -0.406 e. The third-order valence-electron chi connectivity index (χ3n) is 5.94. The fourth-order valence-electron chi connectivity index (χ4n) is 4.36. The van der Waals surface area contributed by atoms with Crippen LogP contribution in [0.3, 0.4) is 0 Å². The van der Waals surface area contributed by atoms with Crippen LogP contribution in [0, 0.1) is 5.92 Å². The molecular formula is C20H23F3N2O2. The molecule has 1 N–H and O–H groups in total. The van der Waals surface area contributed by atoms with E-state index in [1.807, 2.05) is 7.05 Å². The van der Waals surface area contributed by atoms with Crippen molar-refractivity contribution in [3.8, 4) is 5.75 Å². The molecule has 0 spiro atoms. The number of carbonyl (C=O) groups excluding carboxylic acids is 1. The zero-order chi connectivity index (χ0) is 19.2. The first-order valence-electron chi connectivity index (χ1n) is 9.48. The summed E-state index contributed by atoms with van der Waals surface area (Å²) in [5, 5.41) is 3.85. The van der Waals surface area contributed by atoms with Crippen molar-refractivity contribution < 1.29 is 22.7 Å². The van der Waals surface area contributed by atoms with E-state index in [4.69, 9.17) is 0 Å². The fourth-order valence-corrected chi connectivity index (χ4v) is 4.36. The number of fused-ring (bicyclic) bond motifs is 3. The van der Waals surface area contributed by atoms with Gasteiger partial charge in [0, 0.05) is 42.0 Å². The molecule has 4 rings (SSSR count). The maximum absolute atomic E-state index is 12.6. The van der Waals surface area contributed by atoms with Gasteiger partial charge < -0.3 is 14.6 Å². The monoisotopic (exact) mass is 380 g/mol. The van der Waals surface area contributed by atoms with Crippen LogP contribution in [0.4, 0.5) is 13.2 Å². The first-order valence-corrected chi connectivity index (χ1v) is 9.48. The Labute approximate surface area is 155 Å². The van der Waals surface area contributed by atoms with E-state index in [2.05, 4.69) is 14.6 Å². The predicted molar refractivity (Wildman–Crippen MR) is 95.6 cm³/mol. The maximum Gasteiger partial charge on any atom is 0.573 e. The van der Waals surface area contributed by atoms with E-state index in [1.165, 1.54) is 12.1 Å². The summed E-state index contributed by atoms with van der Waals surface area (Å²) < 4.78 is 44.0. The summed E-state index contributed by atoms with van der Waals surface area (Å²) in [5.74, 6) is 0.149. The van der Waals surface area contributed by atoms with Crippen LogP contribution in [0.15, 0.2) is 18.2 Å². The zero-order valence-electron chi connectivity index (χ0n) is 15.2. The van der Waals surface area contributed by atoms with Gasteiger partial charge in [0.1, 0.15) is 5.75 Å². The molecule has 1 unspecified atom stereocenters. The highest BCUT2D eigenvalue weighted by Gasteiger charge is 2.33. The Morgan fingerprint density at radius 3 is 2.70 bits per heavy atom. The fraction of sp³-hybridized carbons (Fsp3) is 0.550.